The maximum absolute atomic E-state index is 5.84. The third kappa shape index (κ3) is 6.13. The van der Waals surface area contributed by atoms with E-state index in [4.69, 9.17) is 16.6 Å². The van der Waals surface area contributed by atoms with Crippen LogP contribution in [0.5, 0.6) is 0 Å². The summed E-state index contributed by atoms with van der Waals surface area (Å²) in [6, 6.07) is 14.5. The lowest BCUT2D eigenvalue weighted by molar-refractivity contribution is 0.460. The molecule has 4 nitrogen and oxygen atoms in total. The summed E-state index contributed by atoms with van der Waals surface area (Å²) < 4.78 is 0. The Morgan fingerprint density at radius 3 is 2.73 bits per heavy atom. The molecule has 1 fully saturated rings. The van der Waals surface area contributed by atoms with Crippen molar-refractivity contribution in [2.75, 3.05) is 19.6 Å². The quantitative estimate of drug-likeness (QED) is 0.296. The van der Waals surface area contributed by atoms with Crippen molar-refractivity contribution < 1.29 is 0 Å². The number of nitrogens with zero attached hydrogens (tertiary/aromatic N) is 3. The Morgan fingerprint density at radius 2 is 2.04 bits per heavy atom. The normalized spacial score (nSPS) is 17.1. The van der Waals surface area contributed by atoms with Gasteiger partial charge in [0.2, 0.25) is 0 Å². The molecule has 1 N–H and O–H groups in total. The Balaban J connectivity index is 0.00000243. The van der Waals surface area contributed by atoms with Crippen LogP contribution >= 0.6 is 35.6 Å². The van der Waals surface area contributed by atoms with Crippen LogP contribution in [0.4, 0.5) is 0 Å². The zero-order valence-electron chi connectivity index (χ0n) is 15.1. The minimum atomic E-state index is 0. The van der Waals surface area contributed by atoms with Crippen molar-refractivity contribution in [3.63, 3.8) is 0 Å². The van der Waals surface area contributed by atoms with E-state index in [1.54, 1.807) is 6.20 Å². The van der Waals surface area contributed by atoms with Gasteiger partial charge in [-0.25, -0.2) is 9.98 Å². The van der Waals surface area contributed by atoms with Crippen LogP contribution in [0.2, 0.25) is 5.15 Å². The summed E-state index contributed by atoms with van der Waals surface area (Å²) >= 11 is 5.84. The summed E-state index contributed by atoms with van der Waals surface area (Å²) in [4.78, 5) is 11.3. The first-order valence-electron chi connectivity index (χ1n) is 8.92. The fourth-order valence-electron chi connectivity index (χ4n) is 3.23. The molecule has 1 aromatic heterocycles. The molecule has 2 aromatic rings. The molecule has 1 aliphatic heterocycles. The number of guanidine groups is 1. The summed E-state index contributed by atoms with van der Waals surface area (Å²) in [5.41, 5.74) is 2.49. The molecule has 26 heavy (non-hydrogen) atoms. The third-order valence-corrected chi connectivity index (χ3v) is 4.71. The molecule has 3 rings (SSSR count). The Bertz CT molecular complexity index is 691. The molecule has 0 radical (unpaired) electrons. The zero-order valence-corrected chi connectivity index (χ0v) is 18.2. The van der Waals surface area contributed by atoms with Gasteiger partial charge in [0.25, 0.3) is 0 Å². The number of pyridine rings is 1. The highest BCUT2D eigenvalue weighted by molar-refractivity contribution is 14.0. The molecule has 0 saturated carbocycles. The van der Waals surface area contributed by atoms with Crippen molar-refractivity contribution in [2.45, 2.75) is 26.3 Å². The summed E-state index contributed by atoms with van der Waals surface area (Å²) in [5.74, 6) is 1.68. The molecule has 0 spiro atoms. The monoisotopic (exact) mass is 484 g/mol. The van der Waals surface area contributed by atoms with Gasteiger partial charge in [-0.3, -0.25) is 0 Å². The zero-order chi connectivity index (χ0) is 17.5. The van der Waals surface area contributed by atoms with Crippen LogP contribution < -0.4 is 5.32 Å². The minimum absolute atomic E-state index is 0. The second-order valence-corrected chi connectivity index (χ2v) is 6.84. The van der Waals surface area contributed by atoms with Crippen LogP contribution in [0.1, 0.15) is 24.5 Å². The maximum Gasteiger partial charge on any atom is 0.194 e. The van der Waals surface area contributed by atoms with E-state index in [0.29, 0.717) is 17.6 Å². The van der Waals surface area contributed by atoms with Gasteiger partial charge in [0, 0.05) is 25.8 Å². The highest BCUT2D eigenvalue weighted by Crippen LogP contribution is 2.21. The maximum atomic E-state index is 5.84. The molecule has 1 aliphatic rings. The first kappa shape index (κ1) is 21.0. The van der Waals surface area contributed by atoms with Gasteiger partial charge in [-0.2, -0.15) is 0 Å². The molecular formula is C20H26ClIN4. The van der Waals surface area contributed by atoms with E-state index < -0.39 is 0 Å². The van der Waals surface area contributed by atoms with Crippen LogP contribution in [0.15, 0.2) is 53.7 Å². The van der Waals surface area contributed by atoms with Crippen molar-refractivity contribution in [3.8, 4) is 0 Å². The molecule has 1 unspecified atom stereocenters. The summed E-state index contributed by atoms with van der Waals surface area (Å²) in [6.07, 6.45) is 4.14. The van der Waals surface area contributed by atoms with E-state index in [1.807, 2.05) is 12.1 Å². The van der Waals surface area contributed by atoms with Gasteiger partial charge in [0.05, 0.1) is 6.54 Å². The SMILES string of the molecule is CCNC(=NCc1ccc(Cl)nc1)N1CCC(Cc2ccccc2)C1.I. The number of aromatic nitrogens is 1. The van der Waals surface area contributed by atoms with Gasteiger partial charge < -0.3 is 10.2 Å². The molecular weight excluding hydrogens is 459 g/mol. The van der Waals surface area contributed by atoms with E-state index >= 15 is 0 Å². The highest BCUT2D eigenvalue weighted by atomic mass is 127. The van der Waals surface area contributed by atoms with Crippen LogP contribution in [-0.2, 0) is 13.0 Å². The molecule has 0 amide bonds. The van der Waals surface area contributed by atoms with Crippen molar-refractivity contribution in [3.05, 3.63) is 64.9 Å². The van der Waals surface area contributed by atoms with E-state index in [0.717, 1.165) is 37.6 Å². The van der Waals surface area contributed by atoms with Crippen LogP contribution in [0.25, 0.3) is 0 Å². The molecule has 0 aliphatic carbocycles. The third-order valence-electron chi connectivity index (χ3n) is 4.49. The number of likely N-dealkylation sites (tertiary alicyclic amines) is 1. The van der Waals surface area contributed by atoms with Gasteiger partial charge >= 0.3 is 0 Å². The second-order valence-electron chi connectivity index (χ2n) is 6.45. The standard InChI is InChI=1S/C20H25ClN4.HI/c1-2-22-20(24-14-18-8-9-19(21)23-13-18)25-11-10-17(15-25)12-16-6-4-3-5-7-16;/h3-9,13,17H,2,10-12,14-15H2,1H3,(H,22,24);1H. The topological polar surface area (TPSA) is 40.5 Å². The first-order chi connectivity index (χ1) is 12.2. The second kappa shape index (κ2) is 10.7. The lowest BCUT2D eigenvalue weighted by Gasteiger charge is -2.21. The van der Waals surface area contributed by atoms with Crippen LogP contribution in [0, 0.1) is 5.92 Å². The molecule has 1 aromatic carbocycles. The Morgan fingerprint density at radius 1 is 1.23 bits per heavy atom. The predicted octanol–water partition coefficient (Wildman–Crippen LogP) is 4.38. The van der Waals surface area contributed by atoms with Gasteiger partial charge in [0.1, 0.15) is 5.15 Å². The molecule has 2 heterocycles. The highest BCUT2D eigenvalue weighted by Gasteiger charge is 2.24. The fraction of sp³-hybridized carbons (Fsp3) is 0.400. The number of benzene rings is 1. The van der Waals surface area contributed by atoms with Gasteiger partial charge in [-0.1, -0.05) is 48.0 Å². The van der Waals surface area contributed by atoms with E-state index in [-0.39, 0.29) is 24.0 Å². The summed E-state index contributed by atoms with van der Waals surface area (Å²) in [7, 11) is 0. The van der Waals surface area contributed by atoms with Crippen molar-refractivity contribution in [1.82, 2.24) is 15.2 Å². The lowest BCUT2D eigenvalue weighted by Crippen LogP contribution is -2.40. The lowest BCUT2D eigenvalue weighted by atomic mass is 9.99. The molecule has 6 heteroatoms. The van der Waals surface area contributed by atoms with Gasteiger partial charge in [0.15, 0.2) is 5.96 Å². The van der Waals surface area contributed by atoms with Crippen molar-refractivity contribution in [2.24, 2.45) is 10.9 Å². The van der Waals surface area contributed by atoms with Crippen LogP contribution in [0.3, 0.4) is 0 Å². The Hall–Kier alpha value is -1.34. The average molecular weight is 485 g/mol. The number of halogens is 2. The largest absolute Gasteiger partial charge is 0.357 e. The van der Waals surface area contributed by atoms with Crippen molar-refractivity contribution in [1.29, 1.82) is 0 Å². The Labute approximate surface area is 178 Å². The smallest absolute Gasteiger partial charge is 0.194 e. The molecule has 1 saturated heterocycles. The summed E-state index contributed by atoms with van der Waals surface area (Å²) in [6.45, 7) is 5.71. The van der Waals surface area contributed by atoms with Gasteiger partial charge in [-0.05, 0) is 42.9 Å². The minimum Gasteiger partial charge on any atom is -0.357 e. The van der Waals surface area contributed by atoms with E-state index in [9.17, 15) is 0 Å². The fourth-order valence-corrected chi connectivity index (χ4v) is 3.34. The average Bonchev–Trinajstić information content (AvgIpc) is 3.09. The number of nitrogens with one attached hydrogen (secondary N) is 1. The molecule has 1 atom stereocenters. The molecule has 0 bridgehead atoms. The Kier molecular flexibility index (Phi) is 8.65. The van der Waals surface area contributed by atoms with Gasteiger partial charge in [-0.15, -0.1) is 24.0 Å². The summed E-state index contributed by atoms with van der Waals surface area (Å²) in [5, 5.41) is 3.94. The number of aliphatic imine (C=N–C) groups is 1. The number of hydrogen-bond acceptors (Lipinski definition) is 2. The predicted molar refractivity (Wildman–Crippen MR) is 119 cm³/mol. The molecule has 140 valence electrons. The van der Waals surface area contributed by atoms with Crippen molar-refractivity contribution >= 4 is 41.5 Å². The van der Waals surface area contributed by atoms with Crippen LogP contribution in [-0.4, -0.2) is 35.5 Å². The number of hydrogen-bond donors (Lipinski definition) is 1. The van der Waals surface area contributed by atoms with E-state index in [1.165, 1.54) is 12.0 Å². The van der Waals surface area contributed by atoms with E-state index in [2.05, 4.69) is 52.5 Å². The first-order valence-corrected chi connectivity index (χ1v) is 9.30. The number of rotatable bonds is 5.